The third-order valence-corrected chi connectivity index (χ3v) is 2.96. The number of nitrogens with two attached hydrogens (primary N) is 1. The van der Waals surface area contributed by atoms with Gasteiger partial charge in [-0.15, -0.1) is 0 Å². The minimum Gasteiger partial charge on any atom is -0.457 e. The van der Waals surface area contributed by atoms with Gasteiger partial charge in [-0.1, -0.05) is 30.6 Å². The van der Waals surface area contributed by atoms with Crippen LogP contribution in [0.15, 0.2) is 53.7 Å². The van der Waals surface area contributed by atoms with Crippen molar-refractivity contribution in [1.82, 2.24) is 0 Å². The fourth-order valence-corrected chi connectivity index (χ4v) is 1.90. The maximum absolute atomic E-state index is 8.59. The fourth-order valence-electron chi connectivity index (χ4n) is 1.90. The van der Waals surface area contributed by atoms with Crippen LogP contribution in [0.1, 0.15) is 24.5 Å². The molecule has 2 aromatic carbocycles. The van der Waals surface area contributed by atoms with Gasteiger partial charge in [-0.05, 0) is 48.4 Å². The van der Waals surface area contributed by atoms with Crippen molar-refractivity contribution in [2.75, 3.05) is 0 Å². The molecule has 0 bridgehead atoms. The summed E-state index contributed by atoms with van der Waals surface area (Å²) in [5.74, 6) is 1.59. The molecular weight excluding hydrogens is 252 g/mol. The number of ether oxygens (including phenoxy) is 1. The fraction of sp³-hybridized carbons (Fsp3) is 0.188. The summed E-state index contributed by atoms with van der Waals surface area (Å²) in [5, 5.41) is 11.5. The van der Waals surface area contributed by atoms with E-state index in [9.17, 15) is 0 Å². The van der Waals surface area contributed by atoms with Crippen LogP contribution in [0, 0.1) is 0 Å². The second-order valence-electron chi connectivity index (χ2n) is 4.51. The summed E-state index contributed by atoms with van der Waals surface area (Å²) in [6.07, 6.45) is 2.21. The smallest absolute Gasteiger partial charge is 0.170 e. The highest BCUT2D eigenvalue weighted by Crippen LogP contribution is 2.22. The first-order valence-corrected chi connectivity index (χ1v) is 6.57. The zero-order valence-electron chi connectivity index (χ0n) is 11.4. The molecule has 3 N–H and O–H groups in total. The number of oxime groups is 1. The van der Waals surface area contributed by atoms with Gasteiger partial charge in [0.2, 0.25) is 0 Å². The van der Waals surface area contributed by atoms with Crippen molar-refractivity contribution in [3.8, 4) is 11.5 Å². The lowest BCUT2D eigenvalue weighted by atomic mass is 10.1. The van der Waals surface area contributed by atoms with Gasteiger partial charge in [0.1, 0.15) is 11.5 Å². The van der Waals surface area contributed by atoms with E-state index in [2.05, 4.69) is 24.2 Å². The molecule has 104 valence electrons. The standard InChI is InChI=1S/C16H18N2O2/c1-2-3-12-4-8-14(9-5-12)20-15-10-6-13(7-11-15)16(17)18-19/h4-11,19H,2-3H2,1H3,(H2,17,18). The molecule has 0 aliphatic rings. The molecule has 0 atom stereocenters. The molecule has 2 aromatic rings. The highest BCUT2D eigenvalue weighted by atomic mass is 16.5. The lowest BCUT2D eigenvalue weighted by Gasteiger charge is -2.07. The van der Waals surface area contributed by atoms with Crippen LogP contribution in [0.25, 0.3) is 0 Å². The number of rotatable bonds is 5. The highest BCUT2D eigenvalue weighted by molar-refractivity contribution is 5.97. The van der Waals surface area contributed by atoms with Crippen molar-refractivity contribution in [3.05, 3.63) is 59.7 Å². The zero-order valence-corrected chi connectivity index (χ0v) is 11.4. The van der Waals surface area contributed by atoms with Crippen LogP contribution in [0.5, 0.6) is 11.5 Å². The number of hydrogen-bond acceptors (Lipinski definition) is 3. The van der Waals surface area contributed by atoms with Gasteiger partial charge < -0.3 is 15.7 Å². The molecule has 0 heterocycles. The molecule has 4 heteroatoms. The number of amidine groups is 1. The topological polar surface area (TPSA) is 67.8 Å². The molecule has 0 spiro atoms. The Balaban J connectivity index is 2.06. The van der Waals surface area contributed by atoms with E-state index in [-0.39, 0.29) is 5.84 Å². The van der Waals surface area contributed by atoms with Crippen molar-refractivity contribution in [1.29, 1.82) is 0 Å². The van der Waals surface area contributed by atoms with E-state index < -0.39 is 0 Å². The molecule has 2 rings (SSSR count). The largest absolute Gasteiger partial charge is 0.457 e. The van der Waals surface area contributed by atoms with Gasteiger partial charge in [0.05, 0.1) is 0 Å². The number of hydrogen-bond donors (Lipinski definition) is 2. The number of benzene rings is 2. The molecule has 0 saturated carbocycles. The first-order chi connectivity index (χ1) is 9.72. The van der Waals surface area contributed by atoms with Gasteiger partial charge in [-0.3, -0.25) is 0 Å². The lowest BCUT2D eigenvalue weighted by molar-refractivity contribution is 0.318. The van der Waals surface area contributed by atoms with Crippen molar-refractivity contribution in [3.63, 3.8) is 0 Å². The van der Waals surface area contributed by atoms with Gasteiger partial charge in [0, 0.05) is 5.56 Å². The molecule has 20 heavy (non-hydrogen) atoms. The third kappa shape index (κ3) is 3.51. The van der Waals surface area contributed by atoms with Crippen molar-refractivity contribution < 1.29 is 9.94 Å². The molecule has 0 radical (unpaired) electrons. The van der Waals surface area contributed by atoms with Crippen LogP contribution >= 0.6 is 0 Å². The Labute approximate surface area is 118 Å². The Bertz CT molecular complexity index is 574. The minimum atomic E-state index is 0.0838. The highest BCUT2D eigenvalue weighted by Gasteiger charge is 2.01. The predicted octanol–water partition coefficient (Wildman–Crippen LogP) is 3.53. The average molecular weight is 270 g/mol. The van der Waals surface area contributed by atoms with Gasteiger partial charge in [0.25, 0.3) is 0 Å². The Kier molecular flexibility index (Phi) is 4.60. The van der Waals surface area contributed by atoms with Gasteiger partial charge in [-0.25, -0.2) is 0 Å². The summed E-state index contributed by atoms with van der Waals surface area (Å²) in [6, 6.07) is 15.1. The molecule has 0 fully saturated rings. The van der Waals surface area contributed by atoms with Crippen molar-refractivity contribution in [2.45, 2.75) is 19.8 Å². The minimum absolute atomic E-state index is 0.0838. The van der Waals surface area contributed by atoms with Crippen LogP contribution in [0.2, 0.25) is 0 Å². The van der Waals surface area contributed by atoms with Crippen LogP contribution < -0.4 is 10.5 Å². The third-order valence-electron chi connectivity index (χ3n) is 2.96. The van der Waals surface area contributed by atoms with E-state index in [0.29, 0.717) is 11.3 Å². The number of aryl methyl sites for hydroxylation is 1. The Hall–Kier alpha value is -2.49. The Morgan fingerprint density at radius 2 is 1.60 bits per heavy atom. The first-order valence-electron chi connectivity index (χ1n) is 6.57. The molecule has 0 aliphatic carbocycles. The van der Waals surface area contributed by atoms with Crippen LogP contribution in [0.3, 0.4) is 0 Å². The van der Waals surface area contributed by atoms with E-state index in [1.54, 1.807) is 24.3 Å². The predicted molar refractivity (Wildman–Crippen MR) is 79.5 cm³/mol. The SMILES string of the molecule is CCCc1ccc(Oc2ccc(C(N)=NO)cc2)cc1. The second-order valence-corrected chi connectivity index (χ2v) is 4.51. The molecule has 0 amide bonds. The van der Waals surface area contributed by atoms with Gasteiger partial charge >= 0.3 is 0 Å². The summed E-state index contributed by atoms with van der Waals surface area (Å²) < 4.78 is 5.74. The lowest BCUT2D eigenvalue weighted by Crippen LogP contribution is -2.12. The van der Waals surface area contributed by atoms with Crippen molar-refractivity contribution >= 4 is 5.84 Å². The Morgan fingerprint density at radius 3 is 2.10 bits per heavy atom. The molecule has 0 aliphatic heterocycles. The summed E-state index contributed by atoms with van der Waals surface area (Å²) in [7, 11) is 0. The quantitative estimate of drug-likeness (QED) is 0.378. The van der Waals surface area contributed by atoms with Crippen LogP contribution in [-0.4, -0.2) is 11.0 Å². The maximum atomic E-state index is 8.59. The monoisotopic (exact) mass is 270 g/mol. The van der Waals surface area contributed by atoms with E-state index in [0.717, 1.165) is 18.6 Å². The summed E-state index contributed by atoms with van der Waals surface area (Å²) >= 11 is 0. The van der Waals surface area contributed by atoms with Crippen molar-refractivity contribution in [2.24, 2.45) is 10.9 Å². The van der Waals surface area contributed by atoms with E-state index in [4.69, 9.17) is 15.7 Å². The molecule has 0 aromatic heterocycles. The molecule has 0 saturated heterocycles. The van der Waals surface area contributed by atoms with Gasteiger partial charge in [0.15, 0.2) is 5.84 Å². The van der Waals surface area contributed by atoms with E-state index in [1.807, 2.05) is 12.1 Å². The summed E-state index contributed by atoms with van der Waals surface area (Å²) in [5.41, 5.74) is 7.46. The second kappa shape index (κ2) is 6.61. The average Bonchev–Trinajstić information content (AvgIpc) is 2.49. The maximum Gasteiger partial charge on any atom is 0.170 e. The Morgan fingerprint density at radius 1 is 1.05 bits per heavy atom. The molecule has 0 unspecified atom stereocenters. The summed E-state index contributed by atoms with van der Waals surface area (Å²) in [6.45, 7) is 2.16. The zero-order chi connectivity index (χ0) is 14.4. The number of nitrogens with zero attached hydrogens (tertiary/aromatic N) is 1. The molecule has 4 nitrogen and oxygen atoms in total. The van der Waals surface area contributed by atoms with Gasteiger partial charge in [-0.2, -0.15) is 0 Å². The van der Waals surface area contributed by atoms with Crippen LogP contribution in [-0.2, 0) is 6.42 Å². The van der Waals surface area contributed by atoms with Crippen LogP contribution in [0.4, 0.5) is 0 Å². The van der Waals surface area contributed by atoms with E-state index >= 15 is 0 Å². The first kappa shape index (κ1) is 13.9. The normalized spacial score (nSPS) is 11.3. The van der Waals surface area contributed by atoms with E-state index in [1.165, 1.54) is 5.56 Å². The summed E-state index contributed by atoms with van der Waals surface area (Å²) in [4.78, 5) is 0. The molecular formula is C16H18N2O2.